The molecular formula is C30H28F2O2. The highest BCUT2D eigenvalue weighted by Crippen LogP contribution is 2.27. The molecule has 0 spiro atoms. The third-order valence-electron chi connectivity index (χ3n) is 5.66. The second-order valence-corrected chi connectivity index (χ2v) is 8.30. The molecule has 0 heterocycles. The molecule has 0 saturated carbocycles. The fourth-order valence-corrected chi connectivity index (χ4v) is 3.70. The van der Waals surface area contributed by atoms with Gasteiger partial charge < -0.3 is 9.47 Å². The molecule has 4 heteroatoms. The van der Waals surface area contributed by atoms with Crippen molar-refractivity contribution in [3.05, 3.63) is 108 Å². The summed E-state index contributed by atoms with van der Waals surface area (Å²) in [5.41, 5.74) is 4.68. The molecule has 34 heavy (non-hydrogen) atoms. The van der Waals surface area contributed by atoms with Crippen LogP contribution in [-0.4, -0.2) is 13.2 Å². The molecule has 4 aromatic carbocycles. The van der Waals surface area contributed by atoms with Crippen molar-refractivity contribution in [3.63, 3.8) is 0 Å². The van der Waals surface area contributed by atoms with Crippen molar-refractivity contribution < 1.29 is 18.3 Å². The predicted molar refractivity (Wildman–Crippen MR) is 133 cm³/mol. The fraction of sp³-hybridized carbons (Fsp3) is 0.200. The summed E-state index contributed by atoms with van der Waals surface area (Å²) in [5, 5.41) is 0. The number of hydrogen-bond acceptors (Lipinski definition) is 2. The number of benzene rings is 4. The lowest BCUT2D eigenvalue weighted by atomic mass is 10.0. The van der Waals surface area contributed by atoms with Crippen LogP contribution in [0.5, 0.6) is 11.5 Å². The lowest BCUT2D eigenvalue weighted by Crippen LogP contribution is -2.01. The molecule has 0 aliphatic heterocycles. The van der Waals surface area contributed by atoms with Crippen LogP contribution in [0.3, 0.4) is 0 Å². The number of unbranched alkanes of at least 4 members (excludes halogenated alkanes) is 2. The summed E-state index contributed by atoms with van der Waals surface area (Å²) in [5.74, 6) is 0.633. The van der Waals surface area contributed by atoms with Crippen molar-refractivity contribution in [1.29, 1.82) is 0 Å². The van der Waals surface area contributed by atoms with Crippen LogP contribution in [-0.2, 0) is 0 Å². The van der Waals surface area contributed by atoms with Crippen LogP contribution in [0.2, 0.25) is 0 Å². The molecule has 0 aliphatic carbocycles. The topological polar surface area (TPSA) is 18.5 Å². The molecule has 0 amide bonds. The molecule has 0 fully saturated rings. The number of hydrogen-bond donors (Lipinski definition) is 0. The summed E-state index contributed by atoms with van der Waals surface area (Å²) in [4.78, 5) is 0. The van der Waals surface area contributed by atoms with Gasteiger partial charge in [0.25, 0.3) is 0 Å². The molecule has 0 aromatic heterocycles. The van der Waals surface area contributed by atoms with Gasteiger partial charge in [0.1, 0.15) is 23.1 Å². The zero-order valence-electron chi connectivity index (χ0n) is 19.3. The minimum atomic E-state index is -0.383. The molecule has 2 nitrogen and oxygen atoms in total. The number of aryl methyl sites for hydroxylation is 1. The van der Waals surface area contributed by atoms with Crippen molar-refractivity contribution in [3.8, 4) is 33.8 Å². The number of halogens is 2. The van der Waals surface area contributed by atoms with E-state index in [1.54, 1.807) is 24.3 Å². The third-order valence-corrected chi connectivity index (χ3v) is 5.66. The van der Waals surface area contributed by atoms with Gasteiger partial charge in [-0.15, -0.1) is 0 Å². The second kappa shape index (κ2) is 11.5. The van der Waals surface area contributed by atoms with E-state index >= 15 is 0 Å². The van der Waals surface area contributed by atoms with E-state index in [9.17, 15) is 8.78 Å². The molecule has 174 valence electrons. The van der Waals surface area contributed by atoms with Crippen LogP contribution in [0.15, 0.2) is 91.0 Å². The van der Waals surface area contributed by atoms with E-state index in [1.165, 1.54) is 34.9 Å². The van der Waals surface area contributed by atoms with Crippen molar-refractivity contribution in [2.45, 2.75) is 26.2 Å². The van der Waals surface area contributed by atoms with Gasteiger partial charge in [-0.05, 0) is 79.3 Å². The van der Waals surface area contributed by atoms with Crippen LogP contribution in [0.1, 0.15) is 24.8 Å². The van der Waals surface area contributed by atoms with Crippen LogP contribution in [0, 0.1) is 18.6 Å². The molecule has 0 saturated heterocycles. The second-order valence-electron chi connectivity index (χ2n) is 8.30. The zero-order chi connectivity index (χ0) is 23.8. The number of rotatable bonds is 10. The largest absolute Gasteiger partial charge is 0.494 e. The highest BCUT2D eigenvalue weighted by Gasteiger charge is 2.07. The molecule has 4 rings (SSSR count). The fourth-order valence-electron chi connectivity index (χ4n) is 3.70. The Balaban J connectivity index is 1.15. The van der Waals surface area contributed by atoms with E-state index in [2.05, 4.69) is 43.3 Å². The highest BCUT2D eigenvalue weighted by atomic mass is 19.1. The van der Waals surface area contributed by atoms with Crippen LogP contribution in [0.4, 0.5) is 8.78 Å². The summed E-state index contributed by atoms with van der Waals surface area (Å²) in [6.07, 6.45) is 2.73. The van der Waals surface area contributed by atoms with Crippen molar-refractivity contribution in [2.24, 2.45) is 0 Å². The SMILES string of the molecule is Cc1ccc(-c2ccc(OCCCCCOc3ccc(-c4ccc(F)cc4)c(F)c3)cc2)cc1. The quantitative estimate of drug-likeness (QED) is 0.223. The maximum absolute atomic E-state index is 14.4. The van der Waals surface area contributed by atoms with E-state index in [1.807, 2.05) is 12.1 Å². The average Bonchev–Trinajstić information content (AvgIpc) is 2.85. The first-order valence-corrected chi connectivity index (χ1v) is 11.6. The summed E-state index contributed by atoms with van der Waals surface area (Å²) >= 11 is 0. The lowest BCUT2D eigenvalue weighted by molar-refractivity contribution is 0.279. The van der Waals surface area contributed by atoms with Gasteiger partial charge in [-0.25, -0.2) is 8.78 Å². The van der Waals surface area contributed by atoms with Crippen molar-refractivity contribution >= 4 is 0 Å². The van der Waals surface area contributed by atoms with Gasteiger partial charge in [0.15, 0.2) is 0 Å². The Labute approximate surface area is 199 Å². The monoisotopic (exact) mass is 458 g/mol. The van der Waals surface area contributed by atoms with Gasteiger partial charge in [-0.3, -0.25) is 0 Å². The maximum Gasteiger partial charge on any atom is 0.134 e. The summed E-state index contributed by atoms with van der Waals surface area (Å²) < 4.78 is 39.0. The smallest absolute Gasteiger partial charge is 0.134 e. The molecule has 0 unspecified atom stereocenters. The molecule has 0 N–H and O–H groups in total. The normalized spacial score (nSPS) is 10.8. The van der Waals surface area contributed by atoms with E-state index in [0.717, 1.165) is 25.0 Å². The Morgan fingerprint density at radius 1 is 0.559 bits per heavy atom. The summed E-state index contributed by atoms with van der Waals surface area (Å²) in [6.45, 7) is 3.24. The Hall–Kier alpha value is -3.66. The predicted octanol–water partition coefficient (Wildman–Crippen LogP) is 8.24. The first-order valence-electron chi connectivity index (χ1n) is 11.6. The Morgan fingerprint density at radius 2 is 1.09 bits per heavy atom. The Morgan fingerprint density at radius 3 is 1.71 bits per heavy atom. The standard InChI is InChI=1S/C30H28F2O2/c1-22-5-7-23(8-6-22)24-11-15-27(16-12-24)33-19-3-2-4-20-34-28-17-18-29(30(32)21-28)25-9-13-26(31)14-10-25/h5-18,21H,2-4,19-20H2,1H3. The minimum absolute atomic E-state index is 0.342. The molecule has 0 aliphatic rings. The van der Waals surface area contributed by atoms with E-state index in [0.29, 0.717) is 30.1 Å². The minimum Gasteiger partial charge on any atom is -0.494 e. The van der Waals surface area contributed by atoms with Crippen molar-refractivity contribution in [2.75, 3.05) is 13.2 Å². The van der Waals surface area contributed by atoms with Gasteiger partial charge in [-0.1, -0.05) is 54.1 Å². The van der Waals surface area contributed by atoms with E-state index in [-0.39, 0.29) is 11.6 Å². The van der Waals surface area contributed by atoms with Crippen LogP contribution in [0.25, 0.3) is 22.3 Å². The molecule has 0 atom stereocenters. The molecule has 0 bridgehead atoms. The van der Waals surface area contributed by atoms with Gasteiger partial charge in [-0.2, -0.15) is 0 Å². The lowest BCUT2D eigenvalue weighted by Gasteiger charge is -2.10. The Kier molecular flexibility index (Phi) is 7.92. The van der Waals surface area contributed by atoms with Crippen molar-refractivity contribution in [1.82, 2.24) is 0 Å². The average molecular weight is 459 g/mol. The number of ether oxygens (including phenoxy) is 2. The third kappa shape index (κ3) is 6.44. The zero-order valence-corrected chi connectivity index (χ0v) is 19.3. The van der Waals surface area contributed by atoms with E-state index < -0.39 is 0 Å². The molecule has 0 radical (unpaired) electrons. The molecule has 4 aromatic rings. The summed E-state index contributed by atoms with van der Waals surface area (Å²) in [6, 6.07) is 27.2. The summed E-state index contributed by atoms with van der Waals surface area (Å²) in [7, 11) is 0. The Bertz CT molecular complexity index is 1180. The van der Waals surface area contributed by atoms with Crippen LogP contribution >= 0.6 is 0 Å². The van der Waals surface area contributed by atoms with Gasteiger partial charge in [0, 0.05) is 11.6 Å². The van der Waals surface area contributed by atoms with E-state index in [4.69, 9.17) is 9.47 Å². The van der Waals surface area contributed by atoms with Gasteiger partial charge >= 0.3 is 0 Å². The highest BCUT2D eigenvalue weighted by molar-refractivity contribution is 5.65. The van der Waals surface area contributed by atoms with Crippen LogP contribution < -0.4 is 9.47 Å². The van der Waals surface area contributed by atoms with Gasteiger partial charge in [0.2, 0.25) is 0 Å². The molecular weight excluding hydrogens is 430 g/mol. The van der Waals surface area contributed by atoms with Gasteiger partial charge in [0.05, 0.1) is 13.2 Å². The first kappa shape index (κ1) is 23.5. The first-order chi connectivity index (χ1) is 16.6. The maximum atomic E-state index is 14.4.